The number of hydrogen-bond donors (Lipinski definition) is 2. The molecule has 0 aromatic heterocycles. The smallest absolute Gasteiger partial charge is 0.303 e. The summed E-state index contributed by atoms with van der Waals surface area (Å²) in [4.78, 5) is 12.6. The number of aliphatic carboxylic acids is 1. The Morgan fingerprint density at radius 1 is 1.42 bits per heavy atom. The SMILES string of the molecule is N[C@@H](CCC(=O)O)c1ccc(N2CCCC2)cc1F. The average Bonchev–Trinajstić information content (AvgIpc) is 2.89. The number of benzene rings is 1. The van der Waals surface area contributed by atoms with E-state index in [1.54, 1.807) is 6.07 Å². The summed E-state index contributed by atoms with van der Waals surface area (Å²) >= 11 is 0. The number of carboxylic acid groups (broad SMARTS) is 1. The van der Waals surface area contributed by atoms with Gasteiger partial charge in [-0.05, 0) is 31.4 Å². The first-order chi connectivity index (χ1) is 9.08. The topological polar surface area (TPSA) is 66.6 Å². The fourth-order valence-electron chi connectivity index (χ4n) is 2.42. The van der Waals surface area contributed by atoms with Gasteiger partial charge in [-0.15, -0.1) is 0 Å². The van der Waals surface area contributed by atoms with Gasteiger partial charge in [-0.3, -0.25) is 4.79 Å². The second-order valence-corrected chi connectivity index (χ2v) is 4.94. The van der Waals surface area contributed by atoms with E-state index in [-0.39, 0.29) is 18.7 Å². The molecule has 0 saturated carbocycles. The Morgan fingerprint density at radius 2 is 2.11 bits per heavy atom. The van der Waals surface area contributed by atoms with Crippen molar-refractivity contribution < 1.29 is 14.3 Å². The zero-order valence-corrected chi connectivity index (χ0v) is 10.8. The lowest BCUT2D eigenvalue weighted by molar-refractivity contribution is -0.137. The van der Waals surface area contributed by atoms with Crippen LogP contribution in [0.2, 0.25) is 0 Å². The van der Waals surface area contributed by atoms with Crippen LogP contribution in [0.4, 0.5) is 10.1 Å². The van der Waals surface area contributed by atoms with Gasteiger partial charge in [0, 0.05) is 36.8 Å². The van der Waals surface area contributed by atoms with Gasteiger partial charge in [0.2, 0.25) is 0 Å². The second-order valence-electron chi connectivity index (χ2n) is 4.94. The first kappa shape index (κ1) is 13.8. The fourth-order valence-corrected chi connectivity index (χ4v) is 2.42. The van der Waals surface area contributed by atoms with Crippen LogP contribution in [0.15, 0.2) is 18.2 Å². The third-order valence-corrected chi connectivity index (χ3v) is 3.52. The lowest BCUT2D eigenvalue weighted by atomic mass is 10.0. The maximum absolute atomic E-state index is 14.0. The molecule has 0 spiro atoms. The molecule has 0 amide bonds. The number of nitrogens with zero attached hydrogens (tertiary/aromatic N) is 1. The van der Waals surface area contributed by atoms with E-state index in [0.717, 1.165) is 31.6 Å². The molecule has 1 aliphatic heterocycles. The Morgan fingerprint density at radius 3 is 2.68 bits per heavy atom. The normalized spacial score (nSPS) is 16.6. The van der Waals surface area contributed by atoms with Crippen molar-refractivity contribution >= 4 is 11.7 Å². The van der Waals surface area contributed by atoms with E-state index >= 15 is 0 Å². The molecule has 1 aromatic carbocycles. The Balaban J connectivity index is 2.07. The molecule has 1 fully saturated rings. The predicted octanol–water partition coefficient (Wildman–Crippen LogP) is 2.29. The molecule has 1 aliphatic rings. The summed E-state index contributed by atoms with van der Waals surface area (Å²) in [6.07, 6.45) is 2.48. The minimum Gasteiger partial charge on any atom is -0.481 e. The molecule has 104 valence electrons. The van der Waals surface area contributed by atoms with Crippen molar-refractivity contribution in [1.29, 1.82) is 0 Å². The van der Waals surface area contributed by atoms with Gasteiger partial charge in [-0.1, -0.05) is 6.07 Å². The first-order valence-electron chi connectivity index (χ1n) is 6.59. The van der Waals surface area contributed by atoms with Gasteiger partial charge >= 0.3 is 5.97 Å². The maximum Gasteiger partial charge on any atom is 0.303 e. The van der Waals surface area contributed by atoms with Crippen LogP contribution in [-0.4, -0.2) is 24.2 Å². The highest BCUT2D eigenvalue weighted by Crippen LogP contribution is 2.26. The number of hydrogen-bond acceptors (Lipinski definition) is 3. The van der Waals surface area contributed by atoms with Crippen LogP contribution in [0.5, 0.6) is 0 Å². The number of halogens is 1. The minimum absolute atomic E-state index is 0.0471. The Kier molecular flexibility index (Phi) is 4.37. The highest BCUT2D eigenvalue weighted by Gasteiger charge is 2.17. The predicted molar refractivity (Wildman–Crippen MR) is 71.6 cm³/mol. The summed E-state index contributed by atoms with van der Waals surface area (Å²) < 4.78 is 14.0. The van der Waals surface area contributed by atoms with Gasteiger partial charge in [0.15, 0.2) is 0 Å². The van der Waals surface area contributed by atoms with E-state index in [1.165, 1.54) is 6.07 Å². The molecule has 5 heteroatoms. The minimum atomic E-state index is -0.912. The van der Waals surface area contributed by atoms with Crippen molar-refractivity contribution in [3.63, 3.8) is 0 Å². The fraction of sp³-hybridized carbons (Fsp3) is 0.500. The van der Waals surface area contributed by atoms with Crippen LogP contribution in [0.1, 0.15) is 37.3 Å². The van der Waals surface area contributed by atoms with Crippen molar-refractivity contribution in [2.24, 2.45) is 5.73 Å². The first-order valence-corrected chi connectivity index (χ1v) is 6.59. The molecule has 0 aliphatic carbocycles. The monoisotopic (exact) mass is 266 g/mol. The number of carbonyl (C=O) groups is 1. The molecule has 1 atom stereocenters. The molecular weight excluding hydrogens is 247 g/mol. The van der Waals surface area contributed by atoms with Gasteiger partial charge < -0.3 is 15.7 Å². The Bertz CT molecular complexity index is 459. The summed E-state index contributed by atoms with van der Waals surface area (Å²) in [6.45, 7) is 1.92. The molecule has 19 heavy (non-hydrogen) atoms. The quantitative estimate of drug-likeness (QED) is 0.858. The standard InChI is InChI=1S/C14H19FN2O2/c15-12-9-10(17-7-1-2-8-17)3-4-11(12)13(16)5-6-14(18)19/h3-4,9,13H,1-2,5-8,16H2,(H,18,19)/t13-/m0/s1. The number of rotatable bonds is 5. The molecular formula is C14H19FN2O2. The van der Waals surface area contributed by atoms with Crippen molar-refractivity contribution in [1.82, 2.24) is 0 Å². The lowest BCUT2D eigenvalue weighted by Crippen LogP contribution is -2.19. The van der Waals surface area contributed by atoms with Crippen molar-refractivity contribution in [3.05, 3.63) is 29.6 Å². The van der Waals surface area contributed by atoms with Gasteiger partial charge in [-0.25, -0.2) is 4.39 Å². The third-order valence-electron chi connectivity index (χ3n) is 3.52. The Hall–Kier alpha value is -1.62. The molecule has 4 nitrogen and oxygen atoms in total. The van der Waals surface area contributed by atoms with E-state index in [0.29, 0.717) is 5.56 Å². The zero-order chi connectivity index (χ0) is 13.8. The largest absolute Gasteiger partial charge is 0.481 e. The molecule has 2 rings (SSSR count). The van der Waals surface area contributed by atoms with Crippen LogP contribution in [0.25, 0.3) is 0 Å². The number of nitrogens with two attached hydrogens (primary N) is 1. The van der Waals surface area contributed by atoms with Crippen molar-refractivity contribution in [2.75, 3.05) is 18.0 Å². The van der Waals surface area contributed by atoms with Crippen LogP contribution in [0.3, 0.4) is 0 Å². The molecule has 1 heterocycles. The maximum atomic E-state index is 14.0. The van der Waals surface area contributed by atoms with Crippen LogP contribution in [0, 0.1) is 5.82 Å². The van der Waals surface area contributed by atoms with Gasteiger partial charge in [0.05, 0.1) is 0 Å². The zero-order valence-electron chi connectivity index (χ0n) is 10.8. The second kappa shape index (κ2) is 6.02. The molecule has 1 aromatic rings. The van der Waals surface area contributed by atoms with Gasteiger partial charge in [-0.2, -0.15) is 0 Å². The van der Waals surface area contributed by atoms with Crippen LogP contribution >= 0.6 is 0 Å². The molecule has 0 unspecified atom stereocenters. The molecule has 0 radical (unpaired) electrons. The summed E-state index contributed by atoms with van der Waals surface area (Å²) in [5.74, 6) is -1.26. The van der Waals surface area contributed by atoms with E-state index in [4.69, 9.17) is 10.8 Å². The summed E-state index contributed by atoms with van der Waals surface area (Å²) in [6, 6.07) is 4.48. The molecule has 1 saturated heterocycles. The van der Waals surface area contributed by atoms with Gasteiger partial charge in [0.1, 0.15) is 5.82 Å². The van der Waals surface area contributed by atoms with Gasteiger partial charge in [0.25, 0.3) is 0 Å². The highest BCUT2D eigenvalue weighted by atomic mass is 19.1. The van der Waals surface area contributed by atoms with E-state index in [9.17, 15) is 9.18 Å². The summed E-state index contributed by atoms with van der Waals surface area (Å²) in [5.41, 5.74) is 7.10. The molecule has 0 bridgehead atoms. The van der Waals surface area contributed by atoms with E-state index < -0.39 is 12.0 Å². The van der Waals surface area contributed by atoms with E-state index in [2.05, 4.69) is 4.90 Å². The number of carboxylic acids is 1. The third kappa shape index (κ3) is 3.44. The van der Waals surface area contributed by atoms with Crippen LogP contribution in [-0.2, 0) is 4.79 Å². The van der Waals surface area contributed by atoms with Crippen molar-refractivity contribution in [3.8, 4) is 0 Å². The summed E-state index contributed by atoms with van der Waals surface area (Å²) in [5, 5.41) is 8.61. The molecule has 3 N–H and O–H groups in total. The van der Waals surface area contributed by atoms with Crippen LogP contribution < -0.4 is 10.6 Å². The van der Waals surface area contributed by atoms with E-state index in [1.807, 2.05) is 6.07 Å². The highest BCUT2D eigenvalue weighted by molar-refractivity contribution is 5.66. The number of anilines is 1. The average molecular weight is 266 g/mol. The lowest BCUT2D eigenvalue weighted by Gasteiger charge is -2.19. The van der Waals surface area contributed by atoms with Crippen molar-refractivity contribution in [2.45, 2.75) is 31.7 Å². The summed E-state index contributed by atoms with van der Waals surface area (Å²) in [7, 11) is 0. The Labute approximate surface area is 112 Å².